The van der Waals surface area contributed by atoms with E-state index in [1.54, 1.807) is 112 Å². The molecule has 3 saturated heterocycles. The van der Waals surface area contributed by atoms with Gasteiger partial charge in [-0.3, -0.25) is 4.79 Å². The fraction of sp³-hybridized carbons (Fsp3) is 0.586. The molecule has 37 heteroatoms. The number of halogens is 6. The van der Waals surface area contributed by atoms with Crippen molar-refractivity contribution in [2.45, 2.75) is 326 Å². The summed E-state index contributed by atoms with van der Waals surface area (Å²) in [6, 6.07) is 37.5. The van der Waals surface area contributed by atoms with Gasteiger partial charge in [0.15, 0.2) is 47.4 Å². The maximum absolute atomic E-state index is 14.2. The van der Waals surface area contributed by atoms with Crippen LogP contribution in [-0.2, 0) is 77.7 Å². The molecule has 0 aliphatic carbocycles. The van der Waals surface area contributed by atoms with E-state index < -0.39 is 119 Å². The minimum absolute atomic E-state index is 0.0438. The van der Waals surface area contributed by atoms with Crippen LogP contribution in [0.3, 0.4) is 0 Å². The van der Waals surface area contributed by atoms with E-state index in [0.29, 0.717) is 105 Å². The van der Waals surface area contributed by atoms with E-state index in [-0.39, 0.29) is 119 Å². The zero-order valence-electron chi connectivity index (χ0n) is 92.9. The van der Waals surface area contributed by atoms with E-state index in [1.165, 1.54) is 67.6 Å². The Labute approximate surface area is 881 Å². The number of rotatable bonds is 40. The Morgan fingerprint density at radius 3 is 1.21 bits per heavy atom. The number of hydrogen-bond donors (Lipinski definition) is 8. The Hall–Kier alpha value is -8.34. The standard InChI is InChI=1S/C19H29FO3Si.C17H27FO3Si.C17H27FO2Si.C14H18FN3O3.C12H22O2Si.C11H14FN3O3.C11H13FO3.C10H20OSi/c1-7-22-18(21)14-15(16-10-8-9-11-17(16)20)12-13-23-24(5,6)19(2,3)4;1-16(2,3)22(4,5)20-11-10-17(15(12-19)21-17)13-8-6-7-9-14(13)18;1-17(2,3)21(4,5)20-13-11-14(10-12-19)15-8-6-7-9-16(15)18;1-13(2)20-9-12(21-13)14(7-8-19,17-18-16)10-5-3-4-6-11(10)15;1-11(13)9-7-8-10-14-15(5,6)12(2,3)4;12-9-4-2-1-3-8(9)11(5-6-16,14-15-13)10(18)7-17;12-9-4-2-1-3-8(9)11(5-6-13)10(7-14)15-11;1-7-8-9-11-12(5,6)10(2,3)4/h8-11,14H,7,12-13H2,1-6H3;6-9,15,19H,10-12H2,1-5H3;6-10,19H,11-13H2,1-5H3;3-6,12,19H,7-9H2,1-2H3;8,10H2,1-6H3;1-4,10,16-18H,5-7H2;1-4,10,13-14H,5-7H2;1H,8-9H2,2-6H3/b15-14+;;14-10+;;;;;/t;;;12-,14?;;10-,11+;;/m...0.0../s1. The van der Waals surface area contributed by atoms with Gasteiger partial charge in [-0.1, -0.05) is 235 Å². The van der Waals surface area contributed by atoms with E-state index in [4.69, 9.17) is 88.8 Å². The van der Waals surface area contributed by atoms with Crippen molar-refractivity contribution in [3.63, 3.8) is 0 Å². The van der Waals surface area contributed by atoms with Crippen molar-refractivity contribution in [3.8, 4) is 24.2 Å². The molecule has 3 fully saturated rings. The topological polar surface area (TPSA) is 392 Å². The second-order valence-corrected chi connectivity index (χ2v) is 68.1. The number of hydrogen-bond acceptors (Lipinski definition) is 22. The van der Waals surface area contributed by atoms with Gasteiger partial charge in [-0.05, 0) is 202 Å². The number of esters is 1. The lowest BCUT2D eigenvalue weighted by molar-refractivity contribution is -0.148. The van der Waals surface area contributed by atoms with Gasteiger partial charge in [0.1, 0.15) is 69.4 Å². The average molecular weight is 2160 g/mol. The van der Waals surface area contributed by atoms with Crippen molar-refractivity contribution in [2.75, 3.05) is 92.5 Å². The maximum Gasteiger partial charge on any atom is 0.331 e. The zero-order valence-corrected chi connectivity index (χ0v) is 97.9. The fourth-order valence-corrected chi connectivity index (χ4v) is 19.3. The van der Waals surface area contributed by atoms with Crippen molar-refractivity contribution in [1.29, 1.82) is 0 Å². The molecule has 9 rings (SSSR count). The first-order chi connectivity index (χ1) is 68.7. The van der Waals surface area contributed by atoms with E-state index >= 15 is 0 Å². The fourth-order valence-electron chi connectivity index (χ4n) is 14.0. The van der Waals surface area contributed by atoms with Gasteiger partial charge in [0, 0.05) is 135 Å². The van der Waals surface area contributed by atoms with Gasteiger partial charge >= 0.3 is 5.97 Å². The summed E-state index contributed by atoms with van der Waals surface area (Å²) in [6.07, 6.45) is 8.42. The van der Waals surface area contributed by atoms with Crippen molar-refractivity contribution >= 4 is 64.5 Å². The van der Waals surface area contributed by atoms with Crippen molar-refractivity contribution in [2.24, 2.45) is 10.2 Å². The Morgan fingerprint density at radius 1 is 0.493 bits per heavy atom. The van der Waals surface area contributed by atoms with Gasteiger partial charge in [0.2, 0.25) is 5.78 Å². The lowest BCUT2D eigenvalue weighted by Gasteiger charge is -2.36. The number of Topliss-reactive ketones (excluding diaryl/α,β-unsaturated/α-hetero) is 1. The number of benzene rings is 6. The molecule has 3 aliphatic rings. The Kier molecular flexibility index (Phi) is 56.4. The highest BCUT2D eigenvalue weighted by atomic mass is 28.4. The van der Waals surface area contributed by atoms with Gasteiger partial charge in [-0.15, -0.1) is 12.3 Å². The van der Waals surface area contributed by atoms with Crippen LogP contribution in [0.2, 0.25) is 90.7 Å². The van der Waals surface area contributed by atoms with Crippen LogP contribution in [0.5, 0.6) is 0 Å². The zero-order chi connectivity index (χ0) is 113. The highest BCUT2D eigenvalue weighted by molar-refractivity contribution is 6.75. The van der Waals surface area contributed by atoms with Crippen LogP contribution < -0.4 is 0 Å². The van der Waals surface area contributed by atoms with Crippen molar-refractivity contribution < 1.29 is 123 Å². The molecule has 0 spiro atoms. The summed E-state index contributed by atoms with van der Waals surface area (Å²) < 4.78 is 141. The van der Waals surface area contributed by atoms with Crippen LogP contribution in [0.25, 0.3) is 32.0 Å². The molecule has 3 aliphatic heterocycles. The number of aliphatic hydroxyl groups is 8. The van der Waals surface area contributed by atoms with E-state index in [2.05, 4.69) is 207 Å². The third-order valence-electron chi connectivity index (χ3n) is 28.1. The van der Waals surface area contributed by atoms with Gasteiger partial charge < -0.3 is 86.7 Å². The van der Waals surface area contributed by atoms with Crippen molar-refractivity contribution in [1.82, 2.24) is 0 Å². The molecule has 0 saturated carbocycles. The Bertz CT molecular complexity index is 5350. The number of carbonyl (C=O) groups excluding carboxylic acids is 2. The van der Waals surface area contributed by atoms with Crippen LogP contribution in [0.1, 0.15) is 216 Å². The molecule has 26 nitrogen and oxygen atoms in total. The molecule has 148 heavy (non-hydrogen) atoms. The van der Waals surface area contributed by atoms with Crippen LogP contribution in [0.4, 0.5) is 26.3 Å². The Morgan fingerprint density at radius 2 is 0.865 bits per heavy atom. The summed E-state index contributed by atoms with van der Waals surface area (Å²) in [5.41, 5.74) is 16.3. The summed E-state index contributed by atoms with van der Waals surface area (Å²) in [4.78, 5) is 27.8. The number of nitrogens with zero attached hydrogens (tertiary/aromatic N) is 6. The number of ketones is 1. The first-order valence-electron chi connectivity index (χ1n) is 50.1. The predicted octanol–water partition coefficient (Wildman–Crippen LogP) is 24.4. The first kappa shape index (κ1) is 136. The molecule has 6 aromatic carbocycles. The van der Waals surface area contributed by atoms with E-state index in [0.717, 1.165) is 18.1 Å². The third kappa shape index (κ3) is 41.6. The summed E-state index contributed by atoms with van der Waals surface area (Å²) in [7, 11) is -8.68. The van der Waals surface area contributed by atoms with E-state index in [1.807, 2.05) is 0 Å². The van der Waals surface area contributed by atoms with Gasteiger partial charge in [-0.2, -0.15) is 0 Å². The van der Waals surface area contributed by atoms with Gasteiger partial charge in [-0.25, -0.2) is 31.1 Å². The van der Waals surface area contributed by atoms with E-state index in [9.17, 15) is 51.3 Å². The molecule has 0 bridgehead atoms. The smallest absolute Gasteiger partial charge is 0.331 e. The van der Waals surface area contributed by atoms with Crippen LogP contribution in [-0.4, -0.2) is 217 Å². The highest BCUT2D eigenvalue weighted by Gasteiger charge is 2.60. The quantitative estimate of drug-likeness (QED) is 0.00151. The third-order valence-corrected chi connectivity index (χ3v) is 50.8. The number of ether oxygens (including phenoxy) is 5. The molecular weight excluding hydrogens is 1990 g/mol. The summed E-state index contributed by atoms with van der Waals surface area (Å²) in [5, 5.41) is 81.9. The first-order valence-corrected chi connectivity index (χ1v) is 64.7. The lowest BCUT2D eigenvalue weighted by Crippen LogP contribution is -2.42. The molecule has 3 heterocycles. The summed E-state index contributed by atoms with van der Waals surface area (Å²) in [5.74, 6) is 4.10. The lowest BCUT2D eigenvalue weighted by atomic mass is 9.82. The van der Waals surface area contributed by atoms with Gasteiger partial charge in [0.05, 0.1) is 51.8 Å². The monoisotopic (exact) mass is 2160 g/mol. The molecule has 5 unspecified atom stereocenters. The minimum Gasteiger partial charge on any atom is -0.463 e. The summed E-state index contributed by atoms with van der Waals surface area (Å²) >= 11 is 0. The number of epoxide rings is 2. The Balaban J connectivity index is 0.000000576. The number of azide groups is 2. The second-order valence-electron chi connectivity index (χ2n) is 44.1. The van der Waals surface area contributed by atoms with Crippen LogP contribution in [0, 0.1) is 59.1 Å². The molecular formula is C111H170F6N6O20Si5. The van der Waals surface area contributed by atoms with Crippen LogP contribution in [0.15, 0.2) is 168 Å². The van der Waals surface area contributed by atoms with Gasteiger partial charge in [0.25, 0.3) is 0 Å². The highest BCUT2D eigenvalue weighted by Crippen LogP contribution is 2.53. The molecule has 826 valence electrons. The SMILES string of the molecule is C#CCCO[Si](C)(C)C(C)(C)C.CC(=O)C#CCCO[Si](C)(C)C(C)(C)C.CC(C)(C)[Si](C)(C)OCC/C(=C\CO)c1ccccc1F.CC(C)(C)[Si](C)(C)OCCC1(c2ccccc2F)OC1CO.CC1(C)OC[C@@H](C(CCO)(N=[N+]=[N-])c2ccccc2F)O1.CCOC(=O)/C=C(\CCO[Si](C)(C)C(C)(C)C)c1ccccc1F.OCCC1(c2ccccc2F)OC1CO.[N-]=[N+]=N[C@](CCO)(c1ccccc1F)[C@@H](O)CO. The van der Waals surface area contributed by atoms with Crippen molar-refractivity contribution in [3.05, 3.63) is 247 Å². The normalized spacial score (nSPS) is 18.2. The maximum atomic E-state index is 14.2. The molecule has 8 atom stereocenters. The second kappa shape index (κ2) is 61.5. The molecule has 0 amide bonds. The minimum atomic E-state index is -1.88. The summed E-state index contributed by atoms with van der Waals surface area (Å²) in [6.45, 7) is 63.2. The molecule has 6 aromatic rings. The number of terminal acetylenes is 1. The largest absolute Gasteiger partial charge is 0.463 e. The molecule has 8 N–H and O–H groups in total. The predicted molar refractivity (Wildman–Crippen MR) is 586 cm³/mol. The molecule has 0 aromatic heterocycles. The average Bonchev–Trinajstić information content (AvgIpc) is 1.57. The van der Waals surface area contributed by atoms with Crippen LogP contribution >= 0.6 is 0 Å². The number of carbonyl (C=O) groups is 2. The molecule has 0 radical (unpaired) electrons. The number of aliphatic hydroxyl groups excluding tert-OH is 8.